The zero-order chi connectivity index (χ0) is 20.9. The van der Waals surface area contributed by atoms with E-state index in [2.05, 4.69) is 12.1 Å². The maximum Gasteiger partial charge on any atom is 0.224 e. The quantitative estimate of drug-likeness (QED) is 0.689. The van der Waals surface area contributed by atoms with E-state index in [4.69, 9.17) is 0 Å². The van der Waals surface area contributed by atoms with E-state index >= 15 is 0 Å². The number of benzene rings is 2. The lowest BCUT2D eigenvalue weighted by Crippen LogP contribution is -2.43. The van der Waals surface area contributed by atoms with Gasteiger partial charge in [-0.15, -0.1) is 0 Å². The largest absolute Gasteiger partial charge is 0.342 e. The molecule has 0 N–H and O–H groups in total. The van der Waals surface area contributed by atoms with Crippen LogP contribution in [0.2, 0.25) is 0 Å². The van der Waals surface area contributed by atoms with Crippen molar-refractivity contribution < 1.29 is 14.4 Å². The molecule has 0 aliphatic carbocycles. The third kappa shape index (κ3) is 4.61. The molecule has 0 saturated carbocycles. The Morgan fingerprint density at radius 3 is 2.33 bits per heavy atom. The molecule has 2 fully saturated rings. The van der Waals surface area contributed by atoms with Crippen LogP contribution < -0.4 is 0 Å². The van der Waals surface area contributed by atoms with E-state index in [0.717, 1.165) is 36.9 Å². The van der Waals surface area contributed by atoms with Crippen LogP contribution in [0.5, 0.6) is 0 Å². The van der Waals surface area contributed by atoms with Crippen molar-refractivity contribution in [1.29, 1.82) is 0 Å². The van der Waals surface area contributed by atoms with Crippen LogP contribution in [0.25, 0.3) is 11.1 Å². The van der Waals surface area contributed by atoms with Crippen molar-refractivity contribution in [2.45, 2.75) is 32.1 Å². The van der Waals surface area contributed by atoms with Gasteiger partial charge in [-0.25, -0.2) is 0 Å². The first-order valence-electron chi connectivity index (χ1n) is 10.9. The molecule has 2 aromatic carbocycles. The number of likely N-dealkylation sites (tertiary alicyclic amines) is 2. The minimum absolute atomic E-state index is 0.0478. The first-order chi connectivity index (χ1) is 14.6. The molecule has 156 valence electrons. The standard InChI is InChI=1S/C25H28N2O3/c28-23-9-5-15-26(23)17-14-24(29)27-16-4-8-22(18-27)25(30)21-12-10-20(11-13-21)19-6-2-1-3-7-19/h1-3,6-7,10-13,22H,4-5,8-9,14-18H2/t22-/m0/s1. The Balaban J connectivity index is 1.35. The molecule has 0 unspecified atom stereocenters. The summed E-state index contributed by atoms with van der Waals surface area (Å²) < 4.78 is 0. The van der Waals surface area contributed by atoms with Crippen molar-refractivity contribution >= 4 is 17.6 Å². The molecule has 2 amide bonds. The number of amides is 2. The lowest BCUT2D eigenvalue weighted by atomic mass is 9.89. The highest BCUT2D eigenvalue weighted by Gasteiger charge is 2.29. The first kappa shape index (κ1) is 20.3. The van der Waals surface area contributed by atoms with E-state index in [1.54, 1.807) is 4.90 Å². The summed E-state index contributed by atoms with van der Waals surface area (Å²) in [5.41, 5.74) is 2.92. The van der Waals surface area contributed by atoms with Crippen LogP contribution >= 0.6 is 0 Å². The molecule has 1 atom stereocenters. The van der Waals surface area contributed by atoms with Gasteiger partial charge in [0.2, 0.25) is 11.8 Å². The predicted molar refractivity (Wildman–Crippen MR) is 116 cm³/mol. The van der Waals surface area contributed by atoms with Gasteiger partial charge >= 0.3 is 0 Å². The van der Waals surface area contributed by atoms with Crippen LogP contribution in [0.4, 0.5) is 0 Å². The normalized spacial score (nSPS) is 19.2. The summed E-state index contributed by atoms with van der Waals surface area (Å²) >= 11 is 0. The van der Waals surface area contributed by atoms with Gasteiger partial charge in [0.25, 0.3) is 0 Å². The molecular formula is C25H28N2O3. The molecule has 0 radical (unpaired) electrons. The van der Waals surface area contributed by atoms with Crippen molar-refractivity contribution in [2.75, 3.05) is 26.2 Å². The topological polar surface area (TPSA) is 57.7 Å². The minimum Gasteiger partial charge on any atom is -0.342 e. The fourth-order valence-corrected chi connectivity index (χ4v) is 4.44. The molecule has 30 heavy (non-hydrogen) atoms. The van der Waals surface area contributed by atoms with E-state index in [-0.39, 0.29) is 23.5 Å². The van der Waals surface area contributed by atoms with E-state index in [0.29, 0.717) is 38.0 Å². The summed E-state index contributed by atoms with van der Waals surface area (Å²) in [6, 6.07) is 17.9. The number of carbonyl (C=O) groups is 3. The van der Waals surface area contributed by atoms with Gasteiger partial charge in [0.15, 0.2) is 5.78 Å². The van der Waals surface area contributed by atoms with Gasteiger partial charge in [0.05, 0.1) is 0 Å². The second-order valence-electron chi connectivity index (χ2n) is 8.22. The predicted octanol–water partition coefficient (Wildman–Crippen LogP) is 3.79. The molecule has 2 aromatic rings. The highest BCUT2D eigenvalue weighted by atomic mass is 16.2. The molecule has 2 saturated heterocycles. The Morgan fingerprint density at radius 2 is 1.63 bits per heavy atom. The summed E-state index contributed by atoms with van der Waals surface area (Å²) in [5.74, 6) is 0.153. The summed E-state index contributed by atoms with van der Waals surface area (Å²) in [6.45, 7) is 2.43. The van der Waals surface area contributed by atoms with Crippen molar-refractivity contribution in [3.8, 4) is 11.1 Å². The number of rotatable bonds is 6. The van der Waals surface area contributed by atoms with Crippen molar-refractivity contribution in [1.82, 2.24) is 9.80 Å². The number of carbonyl (C=O) groups excluding carboxylic acids is 3. The van der Waals surface area contributed by atoms with Crippen LogP contribution in [0.1, 0.15) is 42.5 Å². The van der Waals surface area contributed by atoms with Gasteiger partial charge in [-0.2, -0.15) is 0 Å². The van der Waals surface area contributed by atoms with Crippen molar-refractivity contribution in [3.05, 3.63) is 60.2 Å². The third-order valence-electron chi connectivity index (χ3n) is 6.19. The van der Waals surface area contributed by atoms with Gasteiger partial charge < -0.3 is 9.80 Å². The molecule has 2 aliphatic heterocycles. The number of Topliss-reactive ketones (excluding diaryl/α,β-unsaturated/α-hetero) is 1. The van der Waals surface area contributed by atoms with E-state index in [1.807, 2.05) is 47.4 Å². The third-order valence-corrected chi connectivity index (χ3v) is 6.19. The average molecular weight is 405 g/mol. The monoisotopic (exact) mass is 404 g/mol. The Labute approximate surface area is 177 Å². The molecule has 0 aromatic heterocycles. The van der Waals surface area contributed by atoms with Gasteiger partial charge in [0.1, 0.15) is 0 Å². The SMILES string of the molecule is O=C(c1ccc(-c2ccccc2)cc1)[C@H]1CCCN(C(=O)CCN2CCCC2=O)C1. The van der Waals surface area contributed by atoms with Gasteiger partial charge in [-0.3, -0.25) is 14.4 Å². The zero-order valence-corrected chi connectivity index (χ0v) is 17.3. The Morgan fingerprint density at radius 1 is 0.900 bits per heavy atom. The molecule has 0 spiro atoms. The minimum atomic E-state index is -0.154. The second-order valence-corrected chi connectivity index (χ2v) is 8.22. The number of nitrogens with zero attached hydrogens (tertiary/aromatic N) is 2. The maximum atomic E-state index is 13.0. The Hall–Kier alpha value is -2.95. The molecule has 2 aliphatic rings. The molecule has 2 heterocycles. The molecule has 5 nitrogen and oxygen atoms in total. The highest BCUT2D eigenvalue weighted by Crippen LogP contribution is 2.24. The molecule has 0 bridgehead atoms. The average Bonchev–Trinajstić information content (AvgIpc) is 3.22. The van der Waals surface area contributed by atoms with E-state index in [1.165, 1.54) is 0 Å². The van der Waals surface area contributed by atoms with E-state index in [9.17, 15) is 14.4 Å². The van der Waals surface area contributed by atoms with Crippen LogP contribution in [-0.2, 0) is 9.59 Å². The van der Waals surface area contributed by atoms with Crippen LogP contribution in [0.15, 0.2) is 54.6 Å². The first-order valence-corrected chi connectivity index (χ1v) is 10.9. The fourth-order valence-electron chi connectivity index (χ4n) is 4.44. The summed E-state index contributed by atoms with van der Waals surface area (Å²) in [5, 5.41) is 0. The van der Waals surface area contributed by atoms with Crippen molar-refractivity contribution in [2.24, 2.45) is 5.92 Å². The molecule has 5 heteroatoms. The summed E-state index contributed by atoms with van der Waals surface area (Å²) in [4.78, 5) is 41.0. The Kier molecular flexibility index (Phi) is 6.26. The maximum absolute atomic E-state index is 13.0. The number of piperidine rings is 1. The number of hydrogen-bond donors (Lipinski definition) is 0. The highest BCUT2D eigenvalue weighted by molar-refractivity contribution is 5.98. The van der Waals surface area contributed by atoms with Crippen LogP contribution in [0, 0.1) is 5.92 Å². The lowest BCUT2D eigenvalue weighted by molar-refractivity contribution is -0.134. The number of ketones is 1. The smallest absolute Gasteiger partial charge is 0.224 e. The lowest BCUT2D eigenvalue weighted by Gasteiger charge is -2.32. The summed E-state index contributed by atoms with van der Waals surface area (Å²) in [7, 11) is 0. The van der Waals surface area contributed by atoms with Gasteiger partial charge in [-0.05, 0) is 30.4 Å². The fraction of sp³-hybridized carbons (Fsp3) is 0.400. The number of hydrogen-bond acceptors (Lipinski definition) is 3. The molecule has 4 rings (SSSR count). The van der Waals surface area contributed by atoms with Gasteiger partial charge in [0, 0.05) is 50.5 Å². The van der Waals surface area contributed by atoms with Gasteiger partial charge in [-0.1, -0.05) is 54.6 Å². The van der Waals surface area contributed by atoms with Crippen LogP contribution in [0.3, 0.4) is 0 Å². The van der Waals surface area contributed by atoms with Crippen molar-refractivity contribution in [3.63, 3.8) is 0 Å². The zero-order valence-electron chi connectivity index (χ0n) is 17.3. The summed E-state index contributed by atoms with van der Waals surface area (Å²) in [6.07, 6.45) is 3.48. The van der Waals surface area contributed by atoms with E-state index < -0.39 is 0 Å². The Bertz CT molecular complexity index is 908. The van der Waals surface area contributed by atoms with Crippen LogP contribution in [-0.4, -0.2) is 53.6 Å². The second kappa shape index (κ2) is 9.24. The molecular weight excluding hydrogens is 376 g/mol.